The Bertz CT molecular complexity index is 872. The molecule has 1 aliphatic heterocycles. The van der Waals surface area contributed by atoms with Crippen LogP contribution in [-0.4, -0.2) is 54.6 Å². The standard InChI is InChI=1S/C21H24N2O6/c1-4-28-18(24)12-8-9-15(13-14-19(25)29-5-2)23(27)20-16-10-6-7-11-17(16)22(3)21(20)26/h6-8,10-15H,4-5,9H2,1-3H3/b12-8+,14-13+,23-20+. The number of rotatable bonds is 8. The Morgan fingerprint density at radius 3 is 2.41 bits per heavy atom. The Hall–Kier alpha value is -3.42. The molecule has 0 fully saturated rings. The highest BCUT2D eigenvalue weighted by Crippen LogP contribution is 2.28. The molecular formula is C21H24N2O6. The number of nitrogens with zero attached hydrogens (tertiary/aromatic N) is 2. The lowest BCUT2D eigenvalue weighted by atomic mass is 10.1. The molecule has 0 radical (unpaired) electrons. The van der Waals surface area contributed by atoms with Crippen LogP contribution in [0.4, 0.5) is 5.69 Å². The van der Waals surface area contributed by atoms with Gasteiger partial charge >= 0.3 is 17.8 Å². The fraction of sp³-hybridized carbons (Fsp3) is 0.333. The smallest absolute Gasteiger partial charge is 0.330 e. The molecular weight excluding hydrogens is 376 g/mol. The lowest BCUT2D eigenvalue weighted by molar-refractivity contribution is -0.485. The van der Waals surface area contributed by atoms with E-state index in [-0.39, 0.29) is 25.3 Å². The van der Waals surface area contributed by atoms with Gasteiger partial charge in [-0.05, 0) is 32.1 Å². The molecule has 1 aromatic rings. The Labute approximate surface area is 169 Å². The summed E-state index contributed by atoms with van der Waals surface area (Å²) in [6, 6.07) is 6.06. The van der Waals surface area contributed by atoms with Gasteiger partial charge in [0.1, 0.15) is 0 Å². The van der Waals surface area contributed by atoms with Gasteiger partial charge in [0.2, 0.25) is 0 Å². The summed E-state index contributed by atoms with van der Waals surface area (Å²) in [6.45, 7) is 3.79. The molecule has 1 heterocycles. The zero-order valence-electron chi connectivity index (χ0n) is 16.7. The Kier molecular flexibility index (Phi) is 7.70. The van der Waals surface area contributed by atoms with E-state index in [9.17, 15) is 19.6 Å². The summed E-state index contributed by atoms with van der Waals surface area (Å²) in [5.74, 6) is -1.57. The maximum absolute atomic E-state index is 13.1. The van der Waals surface area contributed by atoms with Crippen LogP contribution >= 0.6 is 0 Å². The molecule has 0 bridgehead atoms. The van der Waals surface area contributed by atoms with E-state index in [1.54, 1.807) is 45.2 Å². The van der Waals surface area contributed by atoms with E-state index < -0.39 is 23.9 Å². The van der Waals surface area contributed by atoms with Crippen molar-refractivity contribution in [2.75, 3.05) is 25.2 Å². The van der Waals surface area contributed by atoms with Crippen LogP contribution in [0.25, 0.3) is 0 Å². The fourth-order valence-electron chi connectivity index (χ4n) is 2.86. The molecule has 29 heavy (non-hydrogen) atoms. The summed E-state index contributed by atoms with van der Waals surface area (Å²) < 4.78 is 10.2. The number of carbonyl (C=O) groups excluding carboxylic acids is 3. The van der Waals surface area contributed by atoms with E-state index in [0.717, 1.165) is 6.08 Å². The van der Waals surface area contributed by atoms with Crippen LogP contribution in [0.5, 0.6) is 0 Å². The van der Waals surface area contributed by atoms with Crippen LogP contribution in [0, 0.1) is 5.21 Å². The van der Waals surface area contributed by atoms with E-state index in [0.29, 0.717) is 16.0 Å². The summed E-state index contributed by atoms with van der Waals surface area (Å²) in [5.41, 5.74) is 1.12. The lowest BCUT2D eigenvalue weighted by Gasteiger charge is -2.14. The normalized spacial score (nSPS) is 16.2. The monoisotopic (exact) mass is 400 g/mol. The van der Waals surface area contributed by atoms with E-state index in [1.807, 2.05) is 0 Å². The van der Waals surface area contributed by atoms with Crippen LogP contribution in [0.3, 0.4) is 0 Å². The highest BCUT2D eigenvalue weighted by molar-refractivity contribution is 6.52. The number of ether oxygens (including phenoxy) is 2. The Morgan fingerprint density at radius 2 is 1.76 bits per heavy atom. The van der Waals surface area contributed by atoms with Crippen molar-refractivity contribution in [3.63, 3.8) is 0 Å². The van der Waals surface area contributed by atoms with Gasteiger partial charge < -0.3 is 19.6 Å². The second-order valence-corrected chi connectivity index (χ2v) is 6.12. The number of hydrogen-bond donors (Lipinski definition) is 0. The number of benzene rings is 1. The van der Waals surface area contributed by atoms with Gasteiger partial charge in [-0.15, -0.1) is 0 Å². The molecule has 1 unspecified atom stereocenters. The van der Waals surface area contributed by atoms with E-state index >= 15 is 0 Å². The van der Waals surface area contributed by atoms with Crippen LogP contribution in [-0.2, 0) is 23.9 Å². The van der Waals surface area contributed by atoms with Gasteiger partial charge in [-0.2, -0.15) is 4.74 Å². The second kappa shape index (κ2) is 10.2. The highest BCUT2D eigenvalue weighted by Gasteiger charge is 2.38. The lowest BCUT2D eigenvalue weighted by Crippen LogP contribution is -2.34. The van der Waals surface area contributed by atoms with E-state index in [4.69, 9.17) is 9.47 Å². The molecule has 154 valence electrons. The summed E-state index contributed by atoms with van der Waals surface area (Å²) in [4.78, 5) is 37.2. The zero-order chi connectivity index (χ0) is 21.4. The molecule has 1 amide bonds. The zero-order valence-corrected chi connectivity index (χ0v) is 16.7. The third kappa shape index (κ3) is 5.31. The van der Waals surface area contributed by atoms with Gasteiger partial charge in [0.05, 0.1) is 24.5 Å². The summed E-state index contributed by atoms with van der Waals surface area (Å²) in [6.07, 6.45) is 5.28. The van der Waals surface area contributed by atoms with Gasteiger partial charge in [0, 0.05) is 25.6 Å². The van der Waals surface area contributed by atoms with Gasteiger partial charge in [0.15, 0.2) is 6.04 Å². The van der Waals surface area contributed by atoms with Crippen LogP contribution < -0.4 is 4.90 Å². The second-order valence-electron chi connectivity index (χ2n) is 6.12. The molecule has 0 spiro atoms. The highest BCUT2D eigenvalue weighted by atomic mass is 16.5. The van der Waals surface area contributed by atoms with Crippen molar-refractivity contribution >= 4 is 29.2 Å². The van der Waals surface area contributed by atoms with Gasteiger partial charge in [-0.25, -0.2) is 9.59 Å². The molecule has 1 aromatic carbocycles. The summed E-state index contributed by atoms with van der Waals surface area (Å²) in [7, 11) is 1.59. The maximum Gasteiger partial charge on any atom is 0.330 e. The largest absolute Gasteiger partial charge is 0.623 e. The van der Waals surface area contributed by atoms with Crippen molar-refractivity contribution in [1.82, 2.24) is 0 Å². The van der Waals surface area contributed by atoms with E-state index in [1.165, 1.54) is 23.1 Å². The molecule has 0 aromatic heterocycles. The quantitative estimate of drug-likeness (QED) is 0.217. The van der Waals surface area contributed by atoms with Gasteiger partial charge in [-0.1, -0.05) is 18.2 Å². The molecule has 8 nitrogen and oxygen atoms in total. The first-order valence-corrected chi connectivity index (χ1v) is 9.29. The van der Waals surface area contributed by atoms with Crippen molar-refractivity contribution < 1.29 is 28.6 Å². The molecule has 0 N–H and O–H groups in total. The number of anilines is 1. The van der Waals surface area contributed by atoms with Crippen molar-refractivity contribution in [3.8, 4) is 0 Å². The van der Waals surface area contributed by atoms with Gasteiger partial charge in [0.25, 0.3) is 5.71 Å². The topological polar surface area (TPSA) is 99.0 Å². The fourth-order valence-corrected chi connectivity index (χ4v) is 2.86. The van der Waals surface area contributed by atoms with Crippen molar-refractivity contribution in [1.29, 1.82) is 0 Å². The molecule has 0 saturated heterocycles. The third-order valence-electron chi connectivity index (χ3n) is 4.21. The van der Waals surface area contributed by atoms with Crippen LogP contribution in [0.15, 0.2) is 48.6 Å². The first-order valence-electron chi connectivity index (χ1n) is 9.29. The number of para-hydroxylation sites is 1. The SMILES string of the molecule is CCOC(=O)/C=C/CC(/C=C/C(=O)OCC)/[N+]([O-])=C1\C(=O)N(C)c2ccccc21. The minimum absolute atomic E-state index is 0.0221. The Balaban J connectivity index is 2.39. The maximum atomic E-state index is 13.1. The first-order chi connectivity index (χ1) is 13.9. The third-order valence-corrected chi connectivity index (χ3v) is 4.21. The average Bonchev–Trinajstić information content (AvgIpc) is 2.95. The predicted octanol–water partition coefficient (Wildman–Crippen LogP) is 1.96. The number of carbonyl (C=O) groups is 3. The number of fused-ring (bicyclic) bond motifs is 1. The van der Waals surface area contributed by atoms with Crippen molar-refractivity contribution in [3.05, 3.63) is 59.3 Å². The number of likely N-dealkylation sites (N-methyl/N-ethyl adjacent to an activating group) is 1. The Morgan fingerprint density at radius 1 is 1.14 bits per heavy atom. The van der Waals surface area contributed by atoms with Crippen LogP contribution in [0.1, 0.15) is 25.8 Å². The predicted molar refractivity (Wildman–Crippen MR) is 108 cm³/mol. The van der Waals surface area contributed by atoms with Crippen molar-refractivity contribution in [2.45, 2.75) is 26.3 Å². The van der Waals surface area contributed by atoms with E-state index in [2.05, 4.69) is 0 Å². The number of hydrogen-bond acceptors (Lipinski definition) is 6. The molecule has 0 saturated carbocycles. The molecule has 2 rings (SSSR count). The number of hydroxylamine groups is 1. The van der Waals surface area contributed by atoms with Crippen LogP contribution in [0.2, 0.25) is 0 Å². The summed E-state index contributed by atoms with van der Waals surface area (Å²) in [5, 5.41) is 13.1. The average molecular weight is 400 g/mol. The number of esters is 2. The first kappa shape index (κ1) is 21.9. The number of amides is 1. The minimum atomic E-state index is -0.899. The minimum Gasteiger partial charge on any atom is -0.623 e. The molecule has 0 aliphatic carbocycles. The molecule has 1 aliphatic rings. The molecule has 8 heteroatoms. The van der Waals surface area contributed by atoms with Gasteiger partial charge in [-0.3, -0.25) is 4.79 Å². The molecule has 1 atom stereocenters. The van der Waals surface area contributed by atoms with Crippen molar-refractivity contribution in [2.24, 2.45) is 0 Å². The summed E-state index contributed by atoms with van der Waals surface area (Å²) >= 11 is 0.